The molecule has 2 heteroatoms. The van der Waals surface area contributed by atoms with Gasteiger partial charge in [0.15, 0.2) is 0 Å². The molecule has 1 unspecified atom stereocenters. The summed E-state index contributed by atoms with van der Waals surface area (Å²) in [5.41, 5.74) is 8.55. The fourth-order valence-electron chi connectivity index (χ4n) is 2.02. The third kappa shape index (κ3) is 2.12. The van der Waals surface area contributed by atoms with E-state index in [1.54, 1.807) is 0 Å². The minimum absolute atomic E-state index is 0.674. The number of hydrogen-bond acceptors (Lipinski definition) is 2. The van der Waals surface area contributed by atoms with Gasteiger partial charge in [-0.25, -0.2) is 0 Å². The lowest BCUT2D eigenvalue weighted by Gasteiger charge is -2.23. The van der Waals surface area contributed by atoms with Gasteiger partial charge in [-0.15, -0.1) is 0 Å². The molecule has 76 valence electrons. The van der Waals surface area contributed by atoms with Gasteiger partial charge in [-0.05, 0) is 29.7 Å². The second kappa shape index (κ2) is 4.85. The lowest BCUT2D eigenvalue weighted by molar-refractivity contribution is 0.682. The van der Waals surface area contributed by atoms with E-state index in [4.69, 9.17) is 5.73 Å². The van der Waals surface area contributed by atoms with Crippen LogP contribution in [0, 0.1) is 0 Å². The van der Waals surface area contributed by atoms with Crippen molar-refractivity contribution in [3.8, 4) is 0 Å². The Balaban J connectivity index is 2.20. The van der Waals surface area contributed by atoms with Gasteiger partial charge >= 0.3 is 0 Å². The van der Waals surface area contributed by atoms with Crippen molar-refractivity contribution in [3.63, 3.8) is 0 Å². The molecule has 0 amide bonds. The Labute approximate surface area is 90.1 Å². The van der Waals surface area contributed by atoms with Crippen LogP contribution in [0.15, 0.2) is 24.3 Å². The third-order valence-corrected chi connectivity index (χ3v) is 4.22. The molecule has 1 aliphatic rings. The zero-order valence-electron chi connectivity index (χ0n) is 8.41. The normalized spacial score (nSPS) is 22.2. The average molecular weight is 207 g/mol. The summed E-state index contributed by atoms with van der Waals surface area (Å²) in [7, 11) is 0. The molecule has 1 atom stereocenters. The fraction of sp³-hybridized carbons (Fsp3) is 0.500. The van der Waals surface area contributed by atoms with Gasteiger partial charge in [0.1, 0.15) is 0 Å². The maximum Gasteiger partial charge on any atom is 0.0300 e. The molecular formula is C12H17NS. The van der Waals surface area contributed by atoms with Gasteiger partial charge in [0, 0.05) is 11.8 Å². The van der Waals surface area contributed by atoms with Crippen molar-refractivity contribution in [3.05, 3.63) is 35.4 Å². The highest BCUT2D eigenvalue weighted by Gasteiger charge is 2.17. The van der Waals surface area contributed by atoms with E-state index in [1.165, 1.54) is 36.1 Å². The number of rotatable bonds is 2. The smallest absolute Gasteiger partial charge is 0.0300 e. The van der Waals surface area contributed by atoms with Crippen LogP contribution >= 0.6 is 11.8 Å². The highest BCUT2D eigenvalue weighted by Crippen LogP contribution is 2.39. The minimum atomic E-state index is 0.674. The Morgan fingerprint density at radius 1 is 1.29 bits per heavy atom. The minimum Gasteiger partial charge on any atom is -0.326 e. The number of benzene rings is 1. The van der Waals surface area contributed by atoms with Crippen molar-refractivity contribution >= 4 is 11.8 Å². The lowest BCUT2D eigenvalue weighted by atomic mass is 10.0. The van der Waals surface area contributed by atoms with Crippen LogP contribution in [0.25, 0.3) is 0 Å². The summed E-state index contributed by atoms with van der Waals surface area (Å²) in [5.74, 6) is 1.31. The first kappa shape index (κ1) is 10.1. The first-order chi connectivity index (χ1) is 6.92. The predicted octanol–water partition coefficient (Wildman–Crippen LogP) is 3.10. The lowest BCUT2D eigenvalue weighted by Crippen LogP contribution is -2.07. The van der Waals surface area contributed by atoms with Crippen LogP contribution in [-0.4, -0.2) is 5.75 Å². The van der Waals surface area contributed by atoms with Crippen molar-refractivity contribution in [1.82, 2.24) is 0 Å². The maximum absolute atomic E-state index is 5.75. The Morgan fingerprint density at radius 3 is 2.86 bits per heavy atom. The molecule has 0 aliphatic carbocycles. The number of thioether (sulfide) groups is 1. The zero-order chi connectivity index (χ0) is 9.80. The Hall–Kier alpha value is -0.470. The Morgan fingerprint density at radius 2 is 2.14 bits per heavy atom. The molecular weight excluding hydrogens is 190 g/mol. The average Bonchev–Trinajstić information content (AvgIpc) is 2.30. The second-order valence-corrected chi connectivity index (χ2v) is 5.07. The number of hydrogen-bond donors (Lipinski definition) is 1. The maximum atomic E-state index is 5.75. The van der Waals surface area contributed by atoms with Gasteiger partial charge in [-0.1, -0.05) is 30.7 Å². The van der Waals surface area contributed by atoms with Crippen molar-refractivity contribution in [1.29, 1.82) is 0 Å². The van der Waals surface area contributed by atoms with E-state index >= 15 is 0 Å². The van der Waals surface area contributed by atoms with Gasteiger partial charge in [0.2, 0.25) is 0 Å². The van der Waals surface area contributed by atoms with Crippen molar-refractivity contribution in [2.45, 2.75) is 31.1 Å². The first-order valence-corrected chi connectivity index (χ1v) is 6.36. The van der Waals surface area contributed by atoms with Gasteiger partial charge in [-0.2, -0.15) is 11.8 Å². The molecule has 0 aromatic heterocycles. The molecule has 1 aliphatic heterocycles. The summed E-state index contributed by atoms with van der Waals surface area (Å²) in [6.45, 7) is 0.674. The van der Waals surface area contributed by atoms with E-state index < -0.39 is 0 Å². The SMILES string of the molecule is NCc1ccccc1C1CCCCS1. The quantitative estimate of drug-likeness (QED) is 0.806. The molecule has 2 rings (SSSR count). The van der Waals surface area contributed by atoms with Crippen LogP contribution in [0.1, 0.15) is 35.6 Å². The van der Waals surface area contributed by atoms with Gasteiger partial charge in [0.05, 0.1) is 0 Å². The van der Waals surface area contributed by atoms with E-state index in [0.29, 0.717) is 11.8 Å². The van der Waals surface area contributed by atoms with Crippen LogP contribution in [0.4, 0.5) is 0 Å². The largest absolute Gasteiger partial charge is 0.326 e. The van der Waals surface area contributed by atoms with Crippen LogP contribution in [0.3, 0.4) is 0 Å². The molecule has 1 nitrogen and oxygen atoms in total. The van der Waals surface area contributed by atoms with Crippen molar-refractivity contribution in [2.75, 3.05) is 5.75 Å². The van der Waals surface area contributed by atoms with Crippen LogP contribution in [0.5, 0.6) is 0 Å². The van der Waals surface area contributed by atoms with E-state index in [1.807, 2.05) is 0 Å². The molecule has 0 radical (unpaired) electrons. The van der Waals surface area contributed by atoms with E-state index in [9.17, 15) is 0 Å². The molecule has 1 fully saturated rings. The molecule has 1 heterocycles. The van der Waals surface area contributed by atoms with Gasteiger partial charge in [0.25, 0.3) is 0 Å². The van der Waals surface area contributed by atoms with Crippen LogP contribution in [0.2, 0.25) is 0 Å². The zero-order valence-corrected chi connectivity index (χ0v) is 9.22. The predicted molar refractivity (Wildman–Crippen MR) is 63.4 cm³/mol. The highest BCUT2D eigenvalue weighted by atomic mass is 32.2. The molecule has 0 bridgehead atoms. The van der Waals surface area contributed by atoms with Gasteiger partial charge < -0.3 is 5.73 Å². The number of nitrogens with two attached hydrogens (primary N) is 1. The van der Waals surface area contributed by atoms with E-state index in [0.717, 1.165) is 0 Å². The molecule has 14 heavy (non-hydrogen) atoms. The van der Waals surface area contributed by atoms with E-state index in [2.05, 4.69) is 36.0 Å². The fourth-order valence-corrected chi connectivity index (χ4v) is 3.42. The van der Waals surface area contributed by atoms with Crippen LogP contribution in [-0.2, 0) is 6.54 Å². The molecule has 1 aromatic carbocycles. The Bertz CT molecular complexity index is 292. The summed E-state index contributed by atoms with van der Waals surface area (Å²) in [5, 5.41) is 0.698. The first-order valence-electron chi connectivity index (χ1n) is 5.31. The summed E-state index contributed by atoms with van der Waals surface area (Å²) in [6, 6.07) is 8.61. The second-order valence-electron chi connectivity index (χ2n) is 3.76. The third-order valence-electron chi connectivity index (χ3n) is 2.80. The molecule has 0 saturated carbocycles. The summed E-state index contributed by atoms with van der Waals surface area (Å²) >= 11 is 2.09. The Kier molecular flexibility index (Phi) is 3.49. The topological polar surface area (TPSA) is 26.0 Å². The summed E-state index contributed by atoms with van der Waals surface area (Å²) in [6.07, 6.45) is 4.07. The summed E-state index contributed by atoms with van der Waals surface area (Å²) < 4.78 is 0. The van der Waals surface area contributed by atoms with E-state index in [-0.39, 0.29) is 0 Å². The van der Waals surface area contributed by atoms with Crippen molar-refractivity contribution in [2.24, 2.45) is 5.73 Å². The molecule has 1 aromatic rings. The monoisotopic (exact) mass is 207 g/mol. The van der Waals surface area contributed by atoms with Gasteiger partial charge in [-0.3, -0.25) is 0 Å². The van der Waals surface area contributed by atoms with Crippen LogP contribution < -0.4 is 5.73 Å². The summed E-state index contributed by atoms with van der Waals surface area (Å²) in [4.78, 5) is 0. The highest BCUT2D eigenvalue weighted by molar-refractivity contribution is 7.99. The standard InChI is InChI=1S/C12H17NS/c13-9-10-5-1-2-6-11(10)12-7-3-4-8-14-12/h1-2,5-6,12H,3-4,7-9,13H2. The molecule has 2 N–H and O–H groups in total. The van der Waals surface area contributed by atoms with Crippen molar-refractivity contribution < 1.29 is 0 Å². The molecule has 1 saturated heterocycles. The molecule has 0 spiro atoms.